The van der Waals surface area contributed by atoms with E-state index in [1.165, 1.54) is 6.92 Å². The highest BCUT2D eigenvalue weighted by Crippen LogP contribution is 2.41. The summed E-state index contributed by atoms with van der Waals surface area (Å²) in [7, 11) is 0. The van der Waals surface area contributed by atoms with Crippen molar-refractivity contribution in [3.63, 3.8) is 0 Å². The van der Waals surface area contributed by atoms with Gasteiger partial charge in [0.2, 0.25) is 0 Å². The minimum Gasteiger partial charge on any atom is -0.458 e. The number of hydrogen-bond donors (Lipinski definition) is 0. The normalized spacial score (nSPS) is 38.6. The molecule has 1 fully saturated rings. The fourth-order valence-electron chi connectivity index (χ4n) is 3.92. The Bertz CT molecular complexity index is 670. The lowest BCUT2D eigenvalue weighted by Gasteiger charge is -2.20. The van der Waals surface area contributed by atoms with Gasteiger partial charge in [-0.05, 0) is 24.8 Å². The highest BCUT2D eigenvalue weighted by molar-refractivity contribution is 5.89. The van der Waals surface area contributed by atoms with Gasteiger partial charge in [0.1, 0.15) is 17.7 Å². The van der Waals surface area contributed by atoms with Crippen LogP contribution in [0.5, 0.6) is 0 Å². The molecule has 0 aliphatic heterocycles. The fourth-order valence-corrected chi connectivity index (χ4v) is 3.92. The molecule has 1 unspecified atom stereocenters. The predicted octanol–water partition coefficient (Wildman–Crippen LogP) is 4.06. The molecule has 0 amide bonds. The van der Waals surface area contributed by atoms with Crippen LogP contribution in [0.15, 0.2) is 36.0 Å². The molecular weight excluding hydrogens is 328 g/mol. The van der Waals surface area contributed by atoms with Crippen LogP contribution in [0.25, 0.3) is 0 Å². The number of ether oxygens (including phenoxy) is 1. The van der Waals surface area contributed by atoms with Gasteiger partial charge in [-0.1, -0.05) is 51.2 Å². The van der Waals surface area contributed by atoms with Crippen LogP contribution in [-0.4, -0.2) is 23.6 Å². The zero-order chi connectivity index (χ0) is 19.6. The molecule has 0 heterocycles. The van der Waals surface area contributed by atoms with Crippen LogP contribution >= 0.6 is 0 Å². The van der Waals surface area contributed by atoms with Gasteiger partial charge in [0.15, 0.2) is 0 Å². The molecule has 0 aromatic rings. The van der Waals surface area contributed by atoms with E-state index in [0.29, 0.717) is 12.8 Å². The summed E-state index contributed by atoms with van der Waals surface area (Å²) < 4.78 is 5.52. The van der Waals surface area contributed by atoms with Crippen molar-refractivity contribution in [1.82, 2.24) is 0 Å². The number of rotatable bonds is 2. The Morgan fingerprint density at radius 3 is 2.35 bits per heavy atom. The number of hydrogen-bond acceptors (Lipinski definition) is 4. The summed E-state index contributed by atoms with van der Waals surface area (Å²) in [6.45, 7) is 13.0. The molecule has 0 aromatic heterocycles. The molecule has 0 aromatic carbocycles. The smallest absolute Gasteiger partial charge is 0.303 e. The largest absolute Gasteiger partial charge is 0.458 e. The molecule has 0 saturated heterocycles. The summed E-state index contributed by atoms with van der Waals surface area (Å²) in [5, 5.41) is 0. The Balaban J connectivity index is 2.47. The summed E-state index contributed by atoms with van der Waals surface area (Å²) in [6.07, 6.45) is 6.30. The zero-order valence-electron chi connectivity index (χ0n) is 16.5. The van der Waals surface area contributed by atoms with E-state index in [-0.39, 0.29) is 47.1 Å². The molecule has 4 nitrogen and oxygen atoms in total. The molecule has 2 aliphatic rings. The van der Waals surface area contributed by atoms with Crippen LogP contribution in [0.4, 0.5) is 0 Å². The Labute approximate surface area is 156 Å². The number of Topliss-reactive ketones (excluding diaryl/α,β-unsaturated/α-hetero) is 2. The van der Waals surface area contributed by atoms with Crippen LogP contribution in [0, 0.1) is 29.6 Å². The van der Waals surface area contributed by atoms with Crippen LogP contribution in [0.2, 0.25) is 0 Å². The van der Waals surface area contributed by atoms with E-state index in [4.69, 9.17) is 4.74 Å². The topological polar surface area (TPSA) is 60.4 Å². The predicted molar refractivity (Wildman–Crippen MR) is 101 cm³/mol. The van der Waals surface area contributed by atoms with Crippen LogP contribution < -0.4 is 0 Å². The summed E-state index contributed by atoms with van der Waals surface area (Å²) in [5.41, 5.74) is 1.72. The van der Waals surface area contributed by atoms with Crippen LogP contribution in [-0.2, 0) is 19.1 Å². The molecule has 1 saturated carbocycles. The fraction of sp³-hybridized carbons (Fsp3) is 0.591. The van der Waals surface area contributed by atoms with E-state index in [1.54, 1.807) is 0 Å². The summed E-state index contributed by atoms with van der Waals surface area (Å²) in [4.78, 5) is 37.3. The minimum absolute atomic E-state index is 0.0558. The third kappa shape index (κ3) is 4.40. The molecule has 0 bridgehead atoms. The van der Waals surface area contributed by atoms with Gasteiger partial charge in [0.25, 0.3) is 0 Å². The quantitative estimate of drug-likeness (QED) is 0.552. The van der Waals surface area contributed by atoms with Gasteiger partial charge in [0, 0.05) is 37.0 Å². The molecular formula is C22H30O4. The second-order valence-electron chi connectivity index (χ2n) is 7.95. The van der Waals surface area contributed by atoms with Crippen molar-refractivity contribution in [2.24, 2.45) is 29.6 Å². The van der Waals surface area contributed by atoms with Crippen LogP contribution in [0.1, 0.15) is 47.5 Å². The molecule has 0 spiro atoms. The number of carbonyl (C=O) groups excluding carboxylic acids is 3. The lowest BCUT2D eigenvalue weighted by atomic mass is 9.87. The maximum absolute atomic E-state index is 13.1. The van der Waals surface area contributed by atoms with E-state index in [2.05, 4.69) is 6.58 Å². The second kappa shape index (κ2) is 8.15. The third-order valence-corrected chi connectivity index (χ3v) is 5.58. The summed E-state index contributed by atoms with van der Waals surface area (Å²) >= 11 is 0. The number of allylic oxidation sites excluding steroid dienone is 4. The Kier molecular flexibility index (Phi) is 6.38. The van der Waals surface area contributed by atoms with Crippen molar-refractivity contribution >= 4 is 17.5 Å². The van der Waals surface area contributed by atoms with Crippen molar-refractivity contribution in [2.45, 2.75) is 53.6 Å². The monoisotopic (exact) mass is 358 g/mol. The maximum Gasteiger partial charge on any atom is 0.303 e. The molecule has 6 atom stereocenters. The van der Waals surface area contributed by atoms with E-state index in [1.807, 2.05) is 45.9 Å². The molecule has 0 N–H and O–H groups in total. The SMILES string of the molecule is C=C(C)[C@H]1/C=C/[C@@H](C)C(=O)C2C[C@@H](C)[C@H](OC(C)=O)/C2=C\[C@H](C)C(=O)C1. The van der Waals surface area contributed by atoms with Gasteiger partial charge >= 0.3 is 5.97 Å². The van der Waals surface area contributed by atoms with Crippen molar-refractivity contribution < 1.29 is 19.1 Å². The molecule has 0 radical (unpaired) electrons. The number of esters is 1. The summed E-state index contributed by atoms with van der Waals surface area (Å²) in [5.74, 6) is -1.01. The first-order valence-corrected chi connectivity index (χ1v) is 9.40. The second-order valence-corrected chi connectivity index (χ2v) is 7.95. The van der Waals surface area contributed by atoms with E-state index >= 15 is 0 Å². The summed E-state index contributed by atoms with van der Waals surface area (Å²) in [6, 6.07) is 0. The van der Waals surface area contributed by atoms with Gasteiger partial charge in [-0.25, -0.2) is 0 Å². The molecule has 2 aliphatic carbocycles. The van der Waals surface area contributed by atoms with Gasteiger partial charge < -0.3 is 4.74 Å². The standard InChI is InChI=1S/C22H30O4/c1-12(2)17-8-7-13(3)21(25)18-10-15(5)22(26-16(6)23)19(18)9-14(4)20(24)11-17/h7-9,13-15,17-18,22H,1,10-11H2,2-6H3/b8-7+,19-9-/t13-,14+,15-,17+,18?,22+/m1/s1. The van der Waals surface area contributed by atoms with Crippen molar-refractivity contribution in [3.8, 4) is 0 Å². The Morgan fingerprint density at radius 2 is 1.77 bits per heavy atom. The first-order chi connectivity index (χ1) is 12.1. The third-order valence-electron chi connectivity index (χ3n) is 5.58. The van der Waals surface area contributed by atoms with Crippen LogP contribution in [0.3, 0.4) is 0 Å². The number of ketones is 2. The van der Waals surface area contributed by atoms with E-state index < -0.39 is 6.10 Å². The van der Waals surface area contributed by atoms with Crippen molar-refractivity contribution in [2.75, 3.05) is 0 Å². The van der Waals surface area contributed by atoms with Gasteiger partial charge in [-0.15, -0.1) is 0 Å². The lowest BCUT2D eigenvalue weighted by Crippen LogP contribution is -2.25. The lowest BCUT2D eigenvalue weighted by molar-refractivity contribution is -0.146. The highest BCUT2D eigenvalue weighted by Gasteiger charge is 2.43. The number of carbonyl (C=O) groups is 3. The highest BCUT2D eigenvalue weighted by atomic mass is 16.5. The molecule has 142 valence electrons. The Morgan fingerprint density at radius 1 is 1.12 bits per heavy atom. The van der Waals surface area contributed by atoms with Gasteiger partial charge in [-0.2, -0.15) is 0 Å². The molecule has 2 rings (SSSR count). The van der Waals surface area contributed by atoms with E-state index in [0.717, 1.165) is 11.1 Å². The maximum atomic E-state index is 13.1. The molecule has 4 heteroatoms. The minimum atomic E-state index is -0.425. The Hall–Kier alpha value is -1.97. The zero-order valence-corrected chi connectivity index (χ0v) is 16.5. The first-order valence-electron chi connectivity index (χ1n) is 9.40. The van der Waals surface area contributed by atoms with Crippen molar-refractivity contribution in [3.05, 3.63) is 36.0 Å². The first kappa shape index (κ1) is 20.3. The average molecular weight is 358 g/mol. The molecule has 26 heavy (non-hydrogen) atoms. The van der Waals surface area contributed by atoms with Crippen molar-refractivity contribution in [1.29, 1.82) is 0 Å². The number of fused-ring (bicyclic) bond motifs is 1. The average Bonchev–Trinajstić information content (AvgIpc) is 2.84. The van der Waals surface area contributed by atoms with Gasteiger partial charge in [0.05, 0.1) is 0 Å². The van der Waals surface area contributed by atoms with Gasteiger partial charge in [-0.3, -0.25) is 14.4 Å². The van der Waals surface area contributed by atoms with E-state index in [9.17, 15) is 14.4 Å².